The minimum absolute atomic E-state index is 0.170. The van der Waals surface area contributed by atoms with Gasteiger partial charge >= 0.3 is 0 Å². The van der Waals surface area contributed by atoms with Gasteiger partial charge in [0.15, 0.2) is 0 Å². The lowest BCUT2D eigenvalue weighted by Gasteiger charge is -2.10. The van der Waals surface area contributed by atoms with Gasteiger partial charge in [-0.05, 0) is 17.7 Å². The van der Waals surface area contributed by atoms with Crippen molar-refractivity contribution in [2.24, 2.45) is 12.8 Å². The summed E-state index contributed by atoms with van der Waals surface area (Å²) in [6.45, 7) is 0. The van der Waals surface area contributed by atoms with Crippen molar-refractivity contribution in [2.45, 2.75) is 10.9 Å². The van der Waals surface area contributed by atoms with Gasteiger partial charge in [-0.25, -0.2) is 4.39 Å². The van der Waals surface area contributed by atoms with E-state index >= 15 is 0 Å². The van der Waals surface area contributed by atoms with Gasteiger partial charge in [-0.2, -0.15) is 5.10 Å². The molecule has 2 aromatic rings. The number of hydrogen-bond donors (Lipinski definition) is 1. The Kier molecular flexibility index (Phi) is 3.81. The zero-order valence-corrected chi connectivity index (χ0v) is 10.3. The van der Waals surface area contributed by atoms with E-state index in [1.807, 2.05) is 19.3 Å². The SMILES string of the molecule is Cn1cc(SCC(N)c2cccc(F)c2)cn1. The molecule has 0 saturated heterocycles. The van der Waals surface area contributed by atoms with Gasteiger partial charge in [0.05, 0.1) is 6.20 Å². The number of rotatable bonds is 4. The van der Waals surface area contributed by atoms with Crippen LogP contribution in [0.5, 0.6) is 0 Å². The van der Waals surface area contributed by atoms with Crippen molar-refractivity contribution in [3.8, 4) is 0 Å². The summed E-state index contributed by atoms with van der Waals surface area (Å²) in [4.78, 5) is 1.07. The summed E-state index contributed by atoms with van der Waals surface area (Å²) in [5, 5.41) is 4.08. The molecule has 1 heterocycles. The van der Waals surface area contributed by atoms with E-state index in [0.29, 0.717) is 5.75 Å². The molecule has 0 aliphatic carbocycles. The van der Waals surface area contributed by atoms with E-state index in [2.05, 4.69) is 5.10 Å². The van der Waals surface area contributed by atoms with E-state index in [-0.39, 0.29) is 11.9 Å². The van der Waals surface area contributed by atoms with Crippen molar-refractivity contribution >= 4 is 11.8 Å². The minimum atomic E-state index is -0.246. The number of aryl methyl sites for hydroxylation is 1. The number of aromatic nitrogens is 2. The maximum atomic E-state index is 13.0. The first-order valence-electron chi connectivity index (χ1n) is 5.27. The Morgan fingerprint density at radius 3 is 3.00 bits per heavy atom. The van der Waals surface area contributed by atoms with Crippen LogP contribution in [0.25, 0.3) is 0 Å². The third kappa shape index (κ3) is 3.31. The molecule has 0 aliphatic heterocycles. The molecule has 1 aromatic carbocycles. The highest BCUT2D eigenvalue weighted by Gasteiger charge is 2.08. The lowest BCUT2D eigenvalue weighted by Crippen LogP contribution is -2.12. The maximum Gasteiger partial charge on any atom is 0.123 e. The molecule has 0 spiro atoms. The molecule has 90 valence electrons. The van der Waals surface area contributed by atoms with Crippen LogP contribution in [0.2, 0.25) is 0 Å². The van der Waals surface area contributed by atoms with Crippen molar-refractivity contribution in [2.75, 3.05) is 5.75 Å². The average Bonchev–Trinajstić information content (AvgIpc) is 2.72. The first kappa shape index (κ1) is 12.1. The Morgan fingerprint density at radius 1 is 1.53 bits per heavy atom. The summed E-state index contributed by atoms with van der Waals surface area (Å²) in [5.41, 5.74) is 6.82. The Labute approximate surface area is 104 Å². The summed E-state index contributed by atoms with van der Waals surface area (Å²) in [7, 11) is 1.87. The van der Waals surface area contributed by atoms with Crippen LogP contribution in [0, 0.1) is 5.82 Å². The quantitative estimate of drug-likeness (QED) is 0.848. The molecule has 1 atom stereocenters. The Bertz CT molecular complexity index is 498. The van der Waals surface area contributed by atoms with Crippen LogP contribution in [-0.2, 0) is 7.05 Å². The van der Waals surface area contributed by atoms with Gasteiger partial charge in [0.25, 0.3) is 0 Å². The monoisotopic (exact) mass is 251 g/mol. The normalized spacial score (nSPS) is 12.6. The smallest absolute Gasteiger partial charge is 0.123 e. The predicted molar refractivity (Wildman–Crippen MR) is 67.3 cm³/mol. The molecule has 2 rings (SSSR count). The molecule has 0 aliphatic rings. The van der Waals surface area contributed by atoms with Gasteiger partial charge in [-0.1, -0.05) is 12.1 Å². The minimum Gasteiger partial charge on any atom is -0.323 e. The van der Waals surface area contributed by atoms with Crippen LogP contribution in [-0.4, -0.2) is 15.5 Å². The van der Waals surface area contributed by atoms with Crippen molar-refractivity contribution < 1.29 is 4.39 Å². The van der Waals surface area contributed by atoms with Gasteiger partial charge in [0.1, 0.15) is 5.82 Å². The zero-order chi connectivity index (χ0) is 12.3. The number of nitrogens with zero attached hydrogens (tertiary/aromatic N) is 2. The van der Waals surface area contributed by atoms with Crippen molar-refractivity contribution in [3.63, 3.8) is 0 Å². The highest BCUT2D eigenvalue weighted by atomic mass is 32.2. The van der Waals surface area contributed by atoms with Gasteiger partial charge in [-0.3, -0.25) is 4.68 Å². The topological polar surface area (TPSA) is 43.8 Å². The average molecular weight is 251 g/mol. The highest BCUT2D eigenvalue weighted by molar-refractivity contribution is 7.99. The third-order valence-electron chi connectivity index (χ3n) is 2.39. The third-order valence-corrected chi connectivity index (χ3v) is 3.46. The van der Waals surface area contributed by atoms with E-state index < -0.39 is 0 Å². The fourth-order valence-electron chi connectivity index (χ4n) is 1.49. The lowest BCUT2D eigenvalue weighted by atomic mass is 10.1. The number of benzene rings is 1. The Balaban J connectivity index is 1.95. The summed E-state index contributed by atoms with van der Waals surface area (Å²) in [6, 6.07) is 6.26. The Hall–Kier alpha value is -1.33. The molecule has 3 nitrogen and oxygen atoms in total. The molecule has 1 unspecified atom stereocenters. The van der Waals surface area contributed by atoms with Crippen LogP contribution in [0.3, 0.4) is 0 Å². The number of hydrogen-bond acceptors (Lipinski definition) is 3. The van der Waals surface area contributed by atoms with Gasteiger partial charge < -0.3 is 5.73 Å². The first-order valence-corrected chi connectivity index (χ1v) is 6.26. The molecular weight excluding hydrogens is 237 g/mol. The highest BCUT2D eigenvalue weighted by Crippen LogP contribution is 2.23. The number of thioether (sulfide) groups is 1. The summed E-state index contributed by atoms with van der Waals surface area (Å²) in [6.07, 6.45) is 3.73. The predicted octanol–water partition coefficient (Wildman–Crippen LogP) is 2.35. The van der Waals surface area contributed by atoms with E-state index in [9.17, 15) is 4.39 Å². The molecule has 5 heteroatoms. The molecule has 0 bridgehead atoms. The first-order chi connectivity index (χ1) is 8.15. The molecule has 17 heavy (non-hydrogen) atoms. The van der Waals surface area contributed by atoms with E-state index in [1.54, 1.807) is 28.7 Å². The standard InChI is InChI=1S/C12H14FN3S/c1-16-7-11(6-15-16)17-8-12(14)9-3-2-4-10(13)5-9/h2-7,12H,8,14H2,1H3. The van der Waals surface area contributed by atoms with Gasteiger partial charge in [0, 0.05) is 29.9 Å². The van der Waals surface area contributed by atoms with Crippen molar-refractivity contribution in [1.82, 2.24) is 9.78 Å². The molecular formula is C12H14FN3S. The largest absolute Gasteiger partial charge is 0.323 e. The maximum absolute atomic E-state index is 13.0. The van der Waals surface area contributed by atoms with Crippen molar-refractivity contribution in [3.05, 3.63) is 48.0 Å². The van der Waals surface area contributed by atoms with E-state index in [0.717, 1.165) is 10.5 Å². The van der Waals surface area contributed by atoms with Crippen LogP contribution < -0.4 is 5.73 Å². The van der Waals surface area contributed by atoms with Crippen LogP contribution in [0.1, 0.15) is 11.6 Å². The van der Waals surface area contributed by atoms with Gasteiger partial charge in [-0.15, -0.1) is 11.8 Å². The number of halogens is 1. The molecule has 0 fully saturated rings. The second-order valence-electron chi connectivity index (χ2n) is 3.82. The van der Waals surface area contributed by atoms with Crippen LogP contribution in [0.4, 0.5) is 4.39 Å². The summed E-state index contributed by atoms with van der Waals surface area (Å²) in [5.74, 6) is 0.458. The van der Waals surface area contributed by atoms with Crippen LogP contribution >= 0.6 is 11.8 Å². The summed E-state index contributed by atoms with van der Waals surface area (Å²) >= 11 is 1.62. The number of nitrogens with two attached hydrogens (primary N) is 1. The fraction of sp³-hybridized carbons (Fsp3) is 0.250. The fourth-order valence-corrected chi connectivity index (χ4v) is 2.41. The van der Waals surface area contributed by atoms with Crippen LogP contribution in [0.15, 0.2) is 41.6 Å². The second kappa shape index (κ2) is 5.33. The van der Waals surface area contributed by atoms with E-state index in [4.69, 9.17) is 5.73 Å². The van der Waals surface area contributed by atoms with Gasteiger partial charge in [0.2, 0.25) is 0 Å². The molecule has 2 N–H and O–H groups in total. The zero-order valence-electron chi connectivity index (χ0n) is 9.51. The van der Waals surface area contributed by atoms with E-state index in [1.165, 1.54) is 12.1 Å². The Morgan fingerprint density at radius 2 is 2.35 bits per heavy atom. The molecule has 0 radical (unpaired) electrons. The lowest BCUT2D eigenvalue weighted by molar-refractivity contribution is 0.622. The summed E-state index contributed by atoms with van der Waals surface area (Å²) < 4.78 is 14.8. The molecule has 0 amide bonds. The second-order valence-corrected chi connectivity index (χ2v) is 4.92. The molecule has 1 aromatic heterocycles. The van der Waals surface area contributed by atoms with Crippen molar-refractivity contribution in [1.29, 1.82) is 0 Å². The molecule has 0 saturated carbocycles.